The lowest BCUT2D eigenvalue weighted by atomic mass is 10.2. The van der Waals surface area contributed by atoms with Crippen molar-refractivity contribution in [2.45, 2.75) is 23.9 Å². The van der Waals surface area contributed by atoms with E-state index in [9.17, 15) is 4.79 Å². The summed E-state index contributed by atoms with van der Waals surface area (Å²) in [7, 11) is 1.59. The van der Waals surface area contributed by atoms with Crippen LogP contribution in [0, 0.1) is 6.92 Å². The molecular weight excluding hydrogens is 376 g/mol. The lowest BCUT2D eigenvalue weighted by Crippen LogP contribution is -2.23. The number of hydrogen-bond donors (Lipinski definition) is 0. The van der Waals surface area contributed by atoms with Crippen LogP contribution in [0.15, 0.2) is 34.0 Å². The molecule has 0 aliphatic heterocycles. The maximum absolute atomic E-state index is 12.2. The molecule has 1 aromatic carbocycles. The zero-order valence-electron chi connectivity index (χ0n) is 13.9. The molecule has 0 N–H and O–H groups in total. The predicted molar refractivity (Wildman–Crippen MR) is 102 cm³/mol. The molecule has 0 aliphatic rings. The number of aryl methyl sites for hydroxylation is 1. The van der Waals surface area contributed by atoms with Gasteiger partial charge in [0, 0.05) is 18.1 Å². The quantitative estimate of drug-likeness (QED) is 0.583. The van der Waals surface area contributed by atoms with E-state index in [0.29, 0.717) is 22.3 Å². The molecule has 0 radical (unpaired) electrons. The number of thioether (sulfide) groups is 1. The molecule has 2 aromatic heterocycles. The highest BCUT2D eigenvalue weighted by molar-refractivity contribution is 8.00. The molecule has 0 saturated heterocycles. The summed E-state index contributed by atoms with van der Waals surface area (Å²) in [6.07, 6.45) is 0. The van der Waals surface area contributed by atoms with Gasteiger partial charge in [-0.1, -0.05) is 35.2 Å². The summed E-state index contributed by atoms with van der Waals surface area (Å²) in [6, 6.07) is 7.41. The Labute approximate surface area is 157 Å². The Balaban J connectivity index is 1.81. The Kier molecular flexibility index (Phi) is 5.67. The van der Waals surface area contributed by atoms with Crippen molar-refractivity contribution >= 4 is 51.2 Å². The van der Waals surface area contributed by atoms with Gasteiger partial charge in [-0.15, -0.1) is 21.5 Å². The van der Waals surface area contributed by atoms with E-state index in [0.717, 1.165) is 15.0 Å². The zero-order chi connectivity index (χ0) is 17.8. The second-order valence-electron chi connectivity index (χ2n) is 5.02. The van der Waals surface area contributed by atoms with Gasteiger partial charge in [-0.25, -0.2) is 4.98 Å². The molecule has 9 heteroatoms. The number of thiazole rings is 1. The Morgan fingerprint density at radius 2 is 2.12 bits per heavy atom. The minimum atomic E-state index is -0.113. The standard InChI is InChI=1S/C16H16N4O2S3/c1-10-18-19-16(25-10)24-9-12-8-23-15(17-12)20(11(2)21)13-6-4-5-7-14(13)22-3/h4-8H,9H2,1-3H3. The van der Waals surface area contributed by atoms with Gasteiger partial charge in [0.05, 0.1) is 18.5 Å². The first-order valence-electron chi connectivity index (χ1n) is 7.39. The molecule has 0 saturated carbocycles. The highest BCUT2D eigenvalue weighted by atomic mass is 32.2. The number of methoxy groups -OCH3 is 1. The largest absolute Gasteiger partial charge is 0.495 e. The molecule has 130 valence electrons. The minimum Gasteiger partial charge on any atom is -0.495 e. The van der Waals surface area contributed by atoms with Crippen molar-refractivity contribution in [3.05, 3.63) is 40.3 Å². The lowest BCUT2D eigenvalue weighted by Gasteiger charge is -2.20. The molecule has 2 heterocycles. The van der Waals surface area contributed by atoms with Crippen LogP contribution in [0.3, 0.4) is 0 Å². The number of carbonyl (C=O) groups is 1. The second kappa shape index (κ2) is 7.94. The van der Waals surface area contributed by atoms with Crippen LogP contribution in [0.1, 0.15) is 17.6 Å². The number of hydrogen-bond acceptors (Lipinski definition) is 8. The van der Waals surface area contributed by atoms with Gasteiger partial charge in [-0.3, -0.25) is 9.69 Å². The number of rotatable bonds is 6. The third-order valence-corrected chi connectivity index (χ3v) is 6.10. The third-order valence-electron chi connectivity index (χ3n) is 3.22. The average molecular weight is 393 g/mol. The van der Waals surface area contributed by atoms with Crippen LogP contribution in [0.25, 0.3) is 0 Å². The number of benzene rings is 1. The highest BCUT2D eigenvalue weighted by Crippen LogP contribution is 2.36. The summed E-state index contributed by atoms with van der Waals surface area (Å²) in [5.74, 6) is 1.20. The summed E-state index contributed by atoms with van der Waals surface area (Å²) < 4.78 is 6.29. The molecular formula is C16H16N4O2S3. The number of amides is 1. The Hall–Kier alpha value is -1.97. The van der Waals surface area contributed by atoms with Crippen LogP contribution in [-0.2, 0) is 10.5 Å². The summed E-state index contributed by atoms with van der Waals surface area (Å²) in [5, 5.41) is 11.6. The molecule has 0 aliphatic carbocycles. The van der Waals surface area contributed by atoms with Crippen molar-refractivity contribution in [3.63, 3.8) is 0 Å². The Morgan fingerprint density at radius 1 is 1.32 bits per heavy atom. The van der Waals surface area contributed by atoms with E-state index in [1.165, 1.54) is 18.3 Å². The molecule has 0 atom stereocenters. The lowest BCUT2D eigenvalue weighted by molar-refractivity contribution is -0.115. The Bertz CT molecular complexity index is 878. The molecule has 3 aromatic rings. The Morgan fingerprint density at radius 3 is 2.80 bits per heavy atom. The maximum atomic E-state index is 12.2. The second-order valence-corrected chi connectivity index (χ2v) is 8.26. The van der Waals surface area contributed by atoms with E-state index >= 15 is 0 Å². The van der Waals surface area contributed by atoms with Gasteiger partial charge in [0.2, 0.25) is 5.91 Å². The van der Waals surface area contributed by atoms with Crippen molar-refractivity contribution in [2.75, 3.05) is 12.0 Å². The highest BCUT2D eigenvalue weighted by Gasteiger charge is 2.21. The molecule has 0 bridgehead atoms. The van der Waals surface area contributed by atoms with Crippen molar-refractivity contribution < 1.29 is 9.53 Å². The van der Waals surface area contributed by atoms with Crippen LogP contribution in [0.4, 0.5) is 10.8 Å². The zero-order valence-corrected chi connectivity index (χ0v) is 16.4. The molecule has 6 nitrogen and oxygen atoms in total. The number of nitrogens with zero attached hydrogens (tertiary/aromatic N) is 4. The van der Waals surface area contributed by atoms with Gasteiger partial charge in [0.25, 0.3) is 0 Å². The molecule has 0 spiro atoms. The fraction of sp³-hybridized carbons (Fsp3) is 0.250. The van der Waals surface area contributed by atoms with Crippen molar-refractivity contribution in [1.82, 2.24) is 15.2 Å². The molecule has 0 unspecified atom stereocenters. The summed E-state index contributed by atoms with van der Waals surface area (Å²) in [4.78, 5) is 18.4. The molecule has 1 amide bonds. The first-order chi connectivity index (χ1) is 12.1. The fourth-order valence-corrected chi connectivity index (χ4v) is 4.85. The normalized spacial score (nSPS) is 10.7. The number of para-hydroxylation sites is 2. The summed E-state index contributed by atoms with van der Waals surface area (Å²) in [6.45, 7) is 3.45. The number of ether oxygens (including phenoxy) is 1. The molecule has 25 heavy (non-hydrogen) atoms. The average Bonchev–Trinajstić information content (AvgIpc) is 3.22. The van der Waals surface area contributed by atoms with Crippen LogP contribution in [0.2, 0.25) is 0 Å². The first kappa shape index (κ1) is 17.8. The number of aromatic nitrogens is 3. The van der Waals surface area contributed by atoms with Crippen molar-refractivity contribution in [2.24, 2.45) is 0 Å². The van der Waals surface area contributed by atoms with E-state index in [1.54, 1.807) is 35.1 Å². The van der Waals surface area contributed by atoms with E-state index in [2.05, 4.69) is 15.2 Å². The van der Waals surface area contributed by atoms with Crippen molar-refractivity contribution in [1.29, 1.82) is 0 Å². The number of anilines is 2. The third kappa shape index (κ3) is 4.17. The molecule has 3 rings (SSSR count). The van der Waals surface area contributed by atoms with Gasteiger partial charge in [0.15, 0.2) is 9.47 Å². The first-order valence-corrected chi connectivity index (χ1v) is 10.1. The summed E-state index contributed by atoms with van der Waals surface area (Å²) in [5.41, 5.74) is 1.59. The van der Waals surface area contributed by atoms with Gasteiger partial charge < -0.3 is 4.74 Å². The van der Waals surface area contributed by atoms with E-state index in [-0.39, 0.29) is 5.91 Å². The van der Waals surface area contributed by atoms with E-state index in [4.69, 9.17) is 4.74 Å². The smallest absolute Gasteiger partial charge is 0.230 e. The van der Waals surface area contributed by atoms with Gasteiger partial charge in [-0.05, 0) is 19.1 Å². The number of carbonyl (C=O) groups excluding carboxylic acids is 1. The van der Waals surface area contributed by atoms with Crippen molar-refractivity contribution in [3.8, 4) is 5.75 Å². The topological polar surface area (TPSA) is 68.2 Å². The predicted octanol–water partition coefficient (Wildman–Crippen LogP) is 4.29. The molecule has 0 fully saturated rings. The summed E-state index contributed by atoms with van der Waals surface area (Å²) >= 11 is 4.59. The van der Waals surface area contributed by atoms with E-state index < -0.39 is 0 Å². The van der Waals surface area contributed by atoms with Crippen LogP contribution in [-0.4, -0.2) is 28.2 Å². The van der Waals surface area contributed by atoms with Crippen LogP contribution in [0.5, 0.6) is 5.75 Å². The van der Waals surface area contributed by atoms with Crippen LogP contribution < -0.4 is 9.64 Å². The van der Waals surface area contributed by atoms with E-state index in [1.807, 2.05) is 36.6 Å². The monoisotopic (exact) mass is 392 g/mol. The fourth-order valence-electron chi connectivity index (χ4n) is 2.16. The van der Waals surface area contributed by atoms with Gasteiger partial charge in [0.1, 0.15) is 10.8 Å². The van der Waals surface area contributed by atoms with Gasteiger partial charge >= 0.3 is 0 Å². The maximum Gasteiger partial charge on any atom is 0.230 e. The van der Waals surface area contributed by atoms with Gasteiger partial charge in [-0.2, -0.15) is 0 Å². The SMILES string of the molecule is COc1ccccc1N(C(C)=O)c1nc(CSc2nnc(C)s2)cs1. The minimum absolute atomic E-state index is 0.113. The van der Waals surface area contributed by atoms with Crippen LogP contribution >= 0.6 is 34.4 Å².